The van der Waals surface area contributed by atoms with Crippen LogP contribution in [-0.2, 0) is 0 Å². The van der Waals surface area contributed by atoms with Crippen LogP contribution < -0.4 is 15.5 Å². The van der Waals surface area contributed by atoms with Gasteiger partial charge >= 0.3 is 0 Å². The molecule has 3 rings (SSSR count). The first kappa shape index (κ1) is 16.8. The quantitative estimate of drug-likeness (QED) is 0.779. The molecule has 3 aromatic rings. The van der Waals surface area contributed by atoms with E-state index in [1.165, 1.54) is 6.07 Å². The predicted octanol–water partition coefficient (Wildman–Crippen LogP) is 4.06. The number of nitrogens with one attached hydrogen (secondary N) is 1. The molecule has 0 saturated heterocycles. The summed E-state index contributed by atoms with van der Waals surface area (Å²) in [6.07, 6.45) is 0. The molecular weight excluding hydrogens is 318 g/mol. The summed E-state index contributed by atoms with van der Waals surface area (Å²) in [6, 6.07) is 11.9. The van der Waals surface area contributed by atoms with Crippen molar-refractivity contribution in [2.45, 2.75) is 20.8 Å². The first-order chi connectivity index (χ1) is 12.0. The monoisotopic (exact) mass is 337 g/mol. The topological polar surface area (TPSA) is 68.5 Å². The number of benzene rings is 2. The molecule has 5 nitrogen and oxygen atoms in total. The predicted molar refractivity (Wildman–Crippen MR) is 97.5 cm³/mol. The lowest BCUT2D eigenvalue weighted by atomic mass is 10.1. The molecule has 0 aliphatic carbocycles. The molecule has 25 heavy (non-hydrogen) atoms. The van der Waals surface area contributed by atoms with Crippen LogP contribution in [0.2, 0.25) is 0 Å². The zero-order valence-corrected chi connectivity index (χ0v) is 14.4. The van der Waals surface area contributed by atoms with Gasteiger partial charge in [0.25, 0.3) is 5.91 Å². The van der Waals surface area contributed by atoms with Crippen molar-refractivity contribution in [3.63, 3.8) is 0 Å². The average molecular weight is 337 g/mol. The number of carbonyl (C=O) groups excluding carboxylic acids is 1. The SMILES string of the molecule is CCOc1ccc(NC(=O)c2cc(=O)c3c(C)cc(C)cc3o2)cc1. The first-order valence-corrected chi connectivity index (χ1v) is 8.07. The summed E-state index contributed by atoms with van der Waals surface area (Å²) >= 11 is 0. The summed E-state index contributed by atoms with van der Waals surface area (Å²) in [5.74, 6) is 0.238. The molecule has 0 aliphatic rings. The summed E-state index contributed by atoms with van der Waals surface area (Å²) < 4.78 is 11.0. The second-order valence-corrected chi connectivity index (χ2v) is 5.84. The van der Waals surface area contributed by atoms with Crippen LogP contribution >= 0.6 is 0 Å². The molecule has 0 radical (unpaired) electrons. The van der Waals surface area contributed by atoms with Gasteiger partial charge in [0.05, 0.1) is 12.0 Å². The van der Waals surface area contributed by atoms with Crippen molar-refractivity contribution in [2.75, 3.05) is 11.9 Å². The van der Waals surface area contributed by atoms with E-state index in [0.29, 0.717) is 23.3 Å². The molecule has 0 aliphatic heterocycles. The third-order valence-corrected chi connectivity index (χ3v) is 3.82. The Balaban J connectivity index is 1.90. The van der Waals surface area contributed by atoms with Crippen LogP contribution in [0.3, 0.4) is 0 Å². The standard InChI is InChI=1S/C20H19NO4/c1-4-24-15-7-5-14(6-8-15)21-20(23)18-11-16(22)19-13(3)9-12(2)10-17(19)25-18/h5-11H,4H2,1-3H3,(H,21,23). The van der Waals surface area contributed by atoms with Crippen LogP contribution in [0.25, 0.3) is 11.0 Å². The van der Waals surface area contributed by atoms with Crippen molar-refractivity contribution < 1.29 is 13.9 Å². The van der Waals surface area contributed by atoms with Gasteiger partial charge in [-0.15, -0.1) is 0 Å². The van der Waals surface area contributed by atoms with Gasteiger partial charge < -0.3 is 14.5 Å². The number of anilines is 1. The lowest BCUT2D eigenvalue weighted by Crippen LogP contribution is -2.15. The lowest BCUT2D eigenvalue weighted by Gasteiger charge is -2.08. The minimum Gasteiger partial charge on any atom is -0.494 e. The van der Waals surface area contributed by atoms with E-state index in [4.69, 9.17) is 9.15 Å². The Bertz CT molecular complexity index is 987. The Morgan fingerprint density at radius 2 is 1.84 bits per heavy atom. The molecule has 1 heterocycles. The Labute approximate surface area is 145 Å². The van der Waals surface area contributed by atoms with Gasteiger partial charge in [-0.2, -0.15) is 0 Å². The summed E-state index contributed by atoms with van der Waals surface area (Å²) in [5, 5.41) is 3.22. The molecule has 0 spiro atoms. The van der Waals surface area contributed by atoms with Crippen molar-refractivity contribution in [2.24, 2.45) is 0 Å². The van der Waals surface area contributed by atoms with Crippen LogP contribution in [0.5, 0.6) is 5.75 Å². The van der Waals surface area contributed by atoms with Gasteiger partial charge in [-0.05, 0) is 62.2 Å². The number of rotatable bonds is 4. The molecule has 0 fully saturated rings. The Morgan fingerprint density at radius 3 is 2.52 bits per heavy atom. The number of amides is 1. The zero-order valence-electron chi connectivity index (χ0n) is 14.4. The molecule has 1 N–H and O–H groups in total. The van der Waals surface area contributed by atoms with E-state index in [2.05, 4.69) is 5.32 Å². The molecular formula is C20H19NO4. The minimum atomic E-state index is -0.470. The van der Waals surface area contributed by atoms with Gasteiger partial charge in [-0.25, -0.2) is 0 Å². The Hall–Kier alpha value is -3.08. The van der Waals surface area contributed by atoms with Crippen molar-refractivity contribution in [3.05, 3.63) is 69.6 Å². The third kappa shape index (κ3) is 3.55. The van der Waals surface area contributed by atoms with Gasteiger partial charge in [0.1, 0.15) is 11.3 Å². The summed E-state index contributed by atoms with van der Waals surface area (Å²) in [5.41, 5.74) is 2.59. The Kier molecular flexibility index (Phi) is 4.57. The van der Waals surface area contributed by atoms with Gasteiger partial charge in [0.15, 0.2) is 11.2 Å². The number of hydrogen-bond acceptors (Lipinski definition) is 4. The summed E-state index contributed by atoms with van der Waals surface area (Å²) in [6.45, 7) is 6.25. The van der Waals surface area contributed by atoms with Crippen LogP contribution in [0, 0.1) is 13.8 Å². The average Bonchev–Trinajstić information content (AvgIpc) is 2.55. The van der Waals surface area contributed by atoms with Crippen LogP contribution in [0.15, 0.2) is 51.7 Å². The number of carbonyl (C=O) groups is 1. The van der Waals surface area contributed by atoms with Crippen molar-refractivity contribution >= 4 is 22.6 Å². The second-order valence-electron chi connectivity index (χ2n) is 5.84. The van der Waals surface area contributed by atoms with Crippen molar-refractivity contribution in [3.8, 4) is 5.75 Å². The highest BCUT2D eigenvalue weighted by Gasteiger charge is 2.14. The van der Waals surface area contributed by atoms with Crippen LogP contribution in [0.4, 0.5) is 5.69 Å². The number of fused-ring (bicyclic) bond motifs is 1. The van der Waals surface area contributed by atoms with E-state index >= 15 is 0 Å². The molecule has 2 aromatic carbocycles. The molecule has 128 valence electrons. The molecule has 0 bridgehead atoms. The van der Waals surface area contributed by atoms with Gasteiger partial charge in [0, 0.05) is 11.8 Å². The van der Waals surface area contributed by atoms with E-state index in [9.17, 15) is 9.59 Å². The van der Waals surface area contributed by atoms with Gasteiger partial charge in [-0.1, -0.05) is 6.07 Å². The smallest absolute Gasteiger partial charge is 0.291 e. The lowest BCUT2D eigenvalue weighted by molar-refractivity contribution is 0.0997. The maximum Gasteiger partial charge on any atom is 0.291 e. The fourth-order valence-electron chi connectivity index (χ4n) is 2.77. The molecule has 0 unspecified atom stereocenters. The minimum absolute atomic E-state index is 0.0172. The summed E-state index contributed by atoms with van der Waals surface area (Å²) in [4.78, 5) is 24.8. The number of ether oxygens (including phenoxy) is 1. The number of aryl methyl sites for hydroxylation is 2. The van der Waals surface area contributed by atoms with E-state index in [1.807, 2.05) is 26.8 Å². The molecule has 1 amide bonds. The van der Waals surface area contributed by atoms with Crippen LogP contribution in [-0.4, -0.2) is 12.5 Å². The Morgan fingerprint density at radius 1 is 1.12 bits per heavy atom. The summed E-state index contributed by atoms with van der Waals surface area (Å²) in [7, 11) is 0. The van der Waals surface area contributed by atoms with Crippen molar-refractivity contribution in [1.82, 2.24) is 0 Å². The fraction of sp³-hybridized carbons (Fsp3) is 0.200. The first-order valence-electron chi connectivity index (χ1n) is 8.07. The maximum atomic E-state index is 12.4. The largest absolute Gasteiger partial charge is 0.494 e. The second kappa shape index (κ2) is 6.81. The number of hydrogen-bond donors (Lipinski definition) is 1. The van der Waals surface area contributed by atoms with Gasteiger partial charge in [-0.3, -0.25) is 9.59 Å². The molecule has 0 saturated carbocycles. The normalized spacial score (nSPS) is 10.7. The highest BCUT2D eigenvalue weighted by molar-refractivity contribution is 6.03. The van der Waals surface area contributed by atoms with E-state index in [-0.39, 0.29) is 11.2 Å². The van der Waals surface area contributed by atoms with Crippen molar-refractivity contribution in [1.29, 1.82) is 0 Å². The fourth-order valence-corrected chi connectivity index (χ4v) is 2.77. The van der Waals surface area contributed by atoms with E-state index < -0.39 is 5.91 Å². The molecule has 0 atom stereocenters. The molecule has 5 heteroatoms. The maximum absolute atomic E-state index is 12.4. The highest BCUT2D eigenvalue weighted by atomic mass is 16.5. The van der Waals surface area contributed by atoms with E-state index in [0.717, 1.165) is 16.9 Å². The van der Waals surface area contributed by atoms with E-state index in [1.54, 1.807) is 30.3 Å². The highest BCUT2D eigenvalue weighted by Crippen LogP contribution is 2.20. The van der Waals surface area contributed by atoms with Gasteiger partial charge in [0.2, 0.25) is 0 Å². The molecule has 1 aromatic heterocycles. The zero-order chi connectivity index (χ0) is 18.0. The van der Waals surface area contributed by atoms with Crippen LogP contribution in [0.1, 0.15) is 28.6 Å². The third-order valence-electron chi connectivity index (χ3n) is 3.82.